The van der Waals surface area contributed by atoms with Crippen LogP contribution in [-0.4, -0.2) is 0 Å². The number of nitrogens with two attached hydrogens (primary N) is 1. The summed E-state index contributed by atoms with van der Waals surface area (Å²) in [5.41, 5.74) is 9.70. The Bertz CT molecular complexity index is 626. The van der Waals surface area contributed by atoms with Crippen molar-refractivity contribution in [2.75, 3.05) is 0 Å². The molecule has 0 aliphatic heterocycles. The summed E-state index contributed by atoms with van der Waals surface area (Å²) in [5.74, 6) is 0.160. The zero-order chi connectivity index (χ0) is 14.1. The van der Waals surface area contributed by atoms with Crippen LogP contribution < -0.4 is 5.73 Å². The Morgan fingerprint density at radius 3 is 2.85 bits per heavy atom. The van der Waals surface area contributed by atoms with Crippen LogP contribution in [0.3, 0.4) is 0 Å². The smallest absolute Gasteiger partial charge is 0.126 e. The average molecular weight is 334 g/mol. The van der Waals surface area contributed by atoms with Gasteiger partial charge in [0.05, 0.1) is 0 Å². The van der Waals surface area contributed by atoms with Crippen LogP contribution in [0.4, 0.5) is 4.39 Å². The van der Waals surface area contributed by atoms with Gasteiger partial charge in [0.15, 0.2) is 0 Å². The predicted octanol–water partition coefficient (Wildman–Crippen LogP) is 4.39. The molecule has 2 N–H and O–H groups in total. The first-order valence-electron chi connectivity index (χ1n) is 6.92. The molecule has 2 atom stereocenters. The lowest BCUT2D eigenvalue weighted by Gasteiger charge is -2.31. The Morgan fingerprint density at radius 1 is 1.20 bits per heavy atom. The topological polar surface area (TPSA) is 26.0 Å². The minimum Gasteiger partial charge on any atom is -0.324 e. The molecule has 0 aromatic heterocycles. The molecule has 1 nitrogen and oxygen atoms in total. The summed E-state index contributed by atoms with van der Waals surface area (Å²) < 4.78 is 14.8. The fourth-order valence-electron chi connectivity index (χ4n) is 3.07. The summed E-state index contributed by atoms with van der Waals surface area (Å²) in [6, 6.07) is 13.4. The summed E-state index contributed by atoms with van der Waals surface area (Å²) in [6.45, 7) is 0. The Labute approximate surface area is 127 Å². The quantitative estimate of drug-likeness (QED) is 0.866. The minimum absolute atomic E-state index is 0.00154. The standard InChI is InChI=1S/C17H17BrFN/c18-14-7-8-16(19)13(10-14)9-12-6-5-11-3-1-2-4-15(11)17(12)20/h1-4,7-8,10,12,17H,5-6,9,20H2. The number of halogens is 2. The van der Waals surface area contributed by atoms with Crippen LogP contribution in [0.15, 0.2) is 46.9 Å². The van der Waals surface area contributed by atoms with Gasteiger partial charge in [-0.15, -0.1) is 0 Å². The minimum atomic E-state index is -0.140. The van der Waals surface area contributed by atoms with Crippen molar-refractivity contribution in [2.24, 2.45) is 11.7 Å². The monoisotopic (exact) mass is 333 g/mol. The van der Waals surface area contributed by atoms with E-state index in [1.165, 1.54) is 17.2 Å². The van der Waals surface area contributed by atoms with Crippen molar-refractivity contribution in [3.05, 3.63) is 69.4 Å². The Hall–Kier alpha value is -1.19. The summed E-state index contributed by atoms with van der Waals surface area (Å²) in [6.07, 6.45) is 2.75. The van der Waals surface area contributed by atoms with E-state index in [9.17, 15) is 4.39 Å². The lowest BCUT2D eigenvalue weighted by molar-refractivity contribution is 0.371. The highest BCUT2D eigenvalue weighted by atomic mass is 79.9. The lowest BCUT2D eigenvalue weighted by Crippen LogP contribution is -2.29. The van der Waals surface area contributed by atoms with Crippen LogP contribution in [0.25, 0.3) is 0 Å². The molecule has 3 heteroatoms. The summed E-state index contributed by atoms with van der Waals surface area (Å²) in [5, 5.41) is 0. The van der Waals surface area contributed by atoms with Crippen molar-refractivity contribution < 1.29 is 4.39 Å². The normalized spacial score (nSPS) is 21.6. The molecule has 3 rings (SSSR count). The van der Waals surface area contributed by atoms with Gasteiger partial charge >= 0.3 is 0 Å². The molecular weight excluding hydrogens is 317 g/mol. The van der Waals surface area contributed by atoms with Gasteiger partial charge in [0, 0.05) is 10.5 Å². The van der Waals surface area contributed by atoms with E-state index in [2.05, 4.69) is 34.1 Å². The molecule has 1 aliphatic carbocycles. The summed E-state index contributed by atoms with van der Waals surface area (Å²) in [4.78, 5) is 0. The van der Waals surface area contributed by atoms with E-state index in [0.29, 0.717) is 12.3 Å². The molecule has 2 unspecified atom stereocenters. The van der Waals surface area contributed by atoms with Gasteiger partial charge in [-0.1, -0.05) is 40.2 Å². The van der Waals surface area contributed by atoms with E-state index < -0.39 is 0 Å². The van der Waals surface area contributed by atoms with E-state index in [1.54, 1.807) is 6.07 Å². The van der Waals surface area contributed by atoms with E-state index >= 15 is 0 Å². The molecule has 0 amide bonds. The molecule has 2 aromatic rings. The second kappa shape index (κ2) is 5.66. The molecular formula is C17H17BrFN. The van der Waals surface area contributed by atoms with E-state index in [-0.39, 0.29) is 11.9 Å². The molecule has 0 radical (unpaired) electrons. The number of hydrogen-bond donors (Lipinski definition) is 1. The molecule has 0 heterocycles. The van der Waals surface area contributed by atoms with E-state index in [1.807, 2.05) is 12.1 Å². The highest BCUT2D eigenvalue weighted by molar-refractivity contribution is 9.10. The van der Waals surface area contributed by atoms with Gasteiger partial charge in [-0.25, -0.2) is 4.39 Å². The van der Waals surface area contributed by atoms with Crippen molar-refractivity contribution in [2.45, 2.75) is 25.3 Å². The van der Waals surface area contributed by atoms with Crippen LogP contribution in [0.2, 0.25) is 0 Å². The number of aryl methyl sites for hydroxylation is 1. The van der Waals surface area contributed by atoms with Crippen molar-refractivity contribution >= 4 is 15.9 Å². The molecule has 2 aromatic carbocycles. The van der Waals surface area contributed by atoms with Gasteiger partial charge in [0.1, 0.15) is 5.82 Å². The van der Waals surface area contributed by atoms with Crippen LogP contribution in [-0.2, 0) is 12.8 Å². The summed E-state index contributed by atoms with van der Waals surface area (Å²) in [7, 11) is 0. The van der Waals surface area contributed by atoms with Gasteiger partial charge in [0.2, 0.25) is 0 Å². The van der Waals surface area contributed by atoms with Gasteiger partial charge in [-0.05, 0) is 60.1 Å². The molecule has 1 aliphatic rings. The fourth-order valence-corrected chi connectivity index (χ4v) is 3.48. The molecule has 20 heavy (non-hydrogen) atoms. The lowest BCUT2D eigenvalue weighted by atomic mass is 9.77. The van der Waals surface area contributed by atoms with Crippen molar-refractivity contribution in [3.63, 3.8) is 0 Å². The van der Waals surface area contributed by atoms with Crippen LogP contribution in [0, 0.1) is 11.7 Å². The number of rotatable bonds is 2. The predicted molar refractivity (Wildman–Crippen MR) is 83.0 cm³/mol. The summed E-state index contributed by atoms with van der Waals surface area (Å²) >= 11 is 3.40. The van der Waals surface area contributed by atoms with Gasteiger partial charge in [0.25, 0.3) is 0 Å². The van der Waals surface area contributed by atoms with Crippen LogP contribution in [0.5, 0.6) is 0 Å². The van der Waals surface area contributed by atoms with Crippen LogP contribution >= 0.6 is 15.9 Å². The Morgan fingerprint density at radius 2 is 2.00 bits per heavy atom. The first-order chi connectivity index (χ1) is 9.65. The van der Waals surface area contributed by atoms with Crippen LogP contribution in [0.1, 0.15) is 29.2 Å². The first kappa shape index (κ1) is 13.8. The van der Waals surface area contributed by atoms with Gasteiger partial charge < -0.3 is 5.73 Å². The molecule has 0 spiro atoms. The molecule has 0 saturated carbocycles. The fraction of sp³-hybridized carbons (Fsp3) is 0.294. The van der Waals surface area contributed by atoms with Crippen molar-refractivity contribution in [1.29, 1.82) is 0 Å². The largest absolute Gasteiger partial charge is 0.324 e. The van der Waals surface area contributed by atoms with Gasteiger partial charge in [-0.2, -0.15) is 0 Å². The zero-order valence-corrected chi connectivity index (χ0v) is 12.7. The second-order valence-electron chi connectivity index (χ2n) is 5.46. The molecule has 104 valence electrons. The highest BCUT2D eigenvalue weighted by Gasteiger charge is 2.27. The Kier molecular flexibility index (Phi) is 3.90. The SMILES string of the molecule is NC1c2ccccc2CCC1Cc1cc(Br)ccc1F. The van der Waals surface area contributed by atoms with Crippen molar-refractivity contribution in [1.82, 2.24) is 0 Å². The number of hydrogen-bond acceptors (Lipinski definition) is 1. The number of benzene rings is 2. The average Bonchev–Trinajstić information content (AvgIpc) is 2.46. The van der Waals surface area contributed by atoms with Gasteiger partial charge in [-0.3, -0.25) is 0 Å². The van der Waals surface area contributed by atoms with E-state index in [4.69, 9.17) is 5.73 Å². The van der Waals surface area contributed by atoms with E-state index in [0.717, 1.165) is 22.9 Å². The third kappa shape index (κ3) is 2.65. The first-order valence-corrected chi connectivity index (χ1v) is 7.72. The highest BCUT2D eigenvalue weighted by Crippen LogP contribution is 2.35. The Balaban J connectivity index is 1.84. The third-order valence-electron chi connectivity index (χ3n) is 4.20. The molecule has 0 saturated heterocycles. The zero-order valence-electron chi connectivity index (χ0n) is 11.2. The third-order valence-corrected chi connectivity index (χ3v) is 4.69. The number of fused-ring (bicyclic) bond motifs is 1. The molecule has 0 bridgehead atoms. The maximum atomic E-state index is 13.9. The maximum Gasteiger partial charge on any atom is 0.126 e. The molecule has 0 fully saturated rings. The maximum absolute atomic E-state index is 13.9. The second-order valence-corrected chi connectivity index (χ2v) is 6.38. The van der Waals surface area contributed by atoms with Crippen molar-refractivity contribution in [3.8, 4) is 0 Å².